The van der Waals surface area contributed by atoms with E-state index >= 15 is 0 Å². The molecule has 0 amide bonds. The van der Waals surface area contributed by atoms with Crippen molar-refractivity contribution in [2.24, 2.45) is 0 Å². The monoisotopic (exact) mass is 217 g/mol. The van der Waals surface area contributed by atoms with Crippen molar-refractivity contribution in [3.05, 3.63) is 0 Å². The Bertz CT molecular complexity index is 185. The maximum Gasteiger partial charge on any atom is 0.323 e. The molecule has 1 heterocycles. The molecule has 0 aromatic heterocycles. The SMILES string of the molecule is CC.CCCN1CC(O)C[C@H]1C(=O)OC. The van der Waals surface area contributed by atoms with Gasteiger partial charge in [-0.25, -0.2) is 0 Å². The van der Waals surface area contributed by atoms with Crippen LogP contribution in [0.1, 0.15) is 33.6 Å². The van der Waals surface area contributed by atoms with E-state index in [1.165, 1.54) is 7.11 Å². The van der Waals surface area contributed by atoms with Crippen LogP contribution in [0.5, 0.6) is 0 Å². The number of likely N-dealkylation sites (tertiary alicyclic amines) is 1. The van der Waals surface area contributed by atoms with Crippen molar-refractivity contribution in [1.82, 2.24) is 4.90 Å². The minimum absolute atomic E-state index is 0.231. The molecule has 90 valence electrons. The normalized spacial score (nSPS) is 25.7. The number of β-amino-alcohol motifs (C(OH)–C–C–N with tert-alkyl or cyclic N) is 1. The van der Waals surface area contributed by atoms with Gasteiger partial charge in [-0.15, -0.1) is 0 Å². The number of esters is 1. The molecule has 0 spiro atoms. The van der Waals surface area contributed by atoms with E-state index in [1.54, 1.807) is 0 Å². The highest BCUT2D eigenvalue weighted by Crippen LogP contribution is 2.18. The molecule has 0 radical (unpaired) electrons. The summed E-state index contributed by atoms with van der Waals surface area (Å²) in [5, 5.41) is 9.39. The van der Waals surface area contributed by atoms with Crippen molar-refractivity contribution < 1.29 is 14.6 Å². The Morgan fingerprint density at radius 2 is 2.13 bits per heavy atom. The smallest absolute Gasteiger partial charge is 0.323 e. The second-order valence-electron chi connectivity index (χ2n) is 3.42. The third-order valence-corrected chi connectivity index (χ3v) is 2.37. The van der Waals surface area contributed by atoms with Crippen LogP contribution < -0.4 is 0 Å². The molecular weight excluding hydrogens is 194 g/mol. The summed E-state index contributed by atoms with van der Waals surface area (Å²) in [6, 6.07) is -0.236. The minimum Gasteiger partial charge on any atom is -0.468 e. The molecule has 1 saturated heterocycles. The summed E-state index contributed by atoms with van der Waals surface area (Å²) >= 11 is 0. The average molecular weight is 217 g/mol. The van der Waals surface area contributed by atoms with Crippen molar-refractivity contribution in [3.63, 3.8) is 0 Å². The molecule has 1 aliphatic heterocycles. The first-order valence-electron chi connectivity index (χ1n) is 5.69. The number of aliphatic hydroxyl groups is 1. The zero-order valence-electron chi connectivity index (χ0n) is 10.2. The zero-order chi connectivity index (χ0) is 11.8. The summed E-state index contributed by atoms with van der Waals surface area (Å²) in [4.78, 5) is 13.3. The highest BCUT2D eigenvalue weighted by Gasteiger charge is 2.35. The standard InChI is InChI=1S/C9H17NO3.C2H6/c1-3-4-10-6-7(11)5-8(10)9(12)13-2;1-2/h7-8,11H,3-6H2,1-2H3;1-2H3/t7?,8-;/m0./s1. The second-order valence-corrected chi connectivity index (χ2v) is 3.42. The molecule has 0 aromatic carbocycles. The van der Waals surface area contributed by atoms with Gasteiger partial charge in [-0.2, -0.15) is 0 Å². The van der Waals surface area contributed by atoms with Crippen LogP contribution in [0.2, 0.25) is 0 Å². The van der Waals surface area contributed by atoms with Crippen LogP contribution in [-0.4, -0.2) is 48.3 Å². The van der Waals surface area contributed by atoms with Gasteiger partial charge in [0.1, 0.15) is 6.04 Å². The summed E-state index contributed by atoms with van der Waals surface area (Å²) in [7, 11) is 1.39. The summed E-state index contributed by atoms with van der Waals surface area (Å²) in [6.45, 7) is 7.49. The lowest BCUT2D eigenvalue weighted by atomic mass is 10.2. The van der Waals surface area contributed by atoms with Gasteiger partial charge in [0, 0.05) is 13.0 Å². The third-order valence-electron chi connectivity index (χ3n) is 2.37. The van der Waals surface area contributed by atoms with Gasteiger partial charge in [0.2, 0.25) is 0 Å². The van der Waals surface area contributed by atoms with Gasteiger partial charge >= 0.3 is 5.97 Å². The average Bonchev–Trinajstić information content (AvgIpc) is 2.62. The van der Waals surface area contributed by atoms with Crippen molar-refractivity contribution >= 4 is 5.97 Å². The van der Waals surface area contributed by atoms with Crippen molar-refractivity contribution in [2.45, 2.75) is 45.8 Å². The van der Waals surface area contributed by atoms with Crippen molar-refractivity contribution in [2.75, 3.05) is 20.2 Å². The molecule has 0 saturated carbocycles. The minimum atomic E-state index is -0.379. The molecule has 1 aliphatic rings. The van der Waals surface area contributed by atoms with Crippen LogP contribution in [0.25, 0.3) is 0 Å². The number of carbonyl (C=O) groups is 1. The number of aliphatic hydroxyl groups excluding tert-OH is 1. The molecule has 2 atom stereocenters. The van der Waals surface area contributed by atoms with Crippen LogP contribution in [-0.2, 0) is 9.53 Å². The zero-order valence-corrected chi connectivity index (χ0v) is 10.2. The van der Waals surface area contributed by atoms with E-state index < -0.39 is 0 Å². The topological polar surface area (TPSA) is 49.8 Å². The maximum atomic E-state index is 11.3. The quantitative estimate of drug-likeness (QED) is 0.717. The largest absolute Gasteiger partial charge is 0.468 e. The Balaban J connectivity index is 0.000000921. The number of carbonyl (C=O) groups excluding carboxylic acids is 1. The van der Waals surface area contributed by atoms with Crippen LogP contribution in [0, 0.1) is 0 Å². The molecule has 0 aromatic rings. The highest BCUT2D eigenvalue weighted by atomic mass is 16.5. The predicted molar refractivity (Wildman–Crippen MR) is 59.6 cm³/mol. The fraction of sp³-hybridized carbons (Fsp3) is 0.909. The molecule has 1 rings (SSSR count). The Labute approximate surface area is 92.2 Å². The Hall–Kier alpha value is -0.610. The van der Waals surface area contributed by atoms with Crippen LogP contribution in [0.4, 0.5) is 0 Å². The second kappa shape index (κ2) is 7.65. The third kappa shape index (κ3) is 4.18. The highest BCUT2D eigenvalue weighted by molar-refractivity contribution is 5.76. The van der Waals surface area contributed by atoms with Gasteiger partial charge in [-0.3, -0.25) is 9.69 Å². The Kier molecular flexibility index (Phi) is 7.34. The van der Waals surface area contributed by atoms with E-state index in [0.717, 1.165) is 13.0 Å². The number of hydrogen-bond donors (Lipinski definition) is 1. The molecule has 1 fully saturated rings. The molecule has 0 aliphatic carbocycles. The number of nitrogens with zero attached hydrogens (tertiary/aromatic N) is 1. The van der Waals surface area contributed by atoms with E-state index in [4.69, 9.17) is 0 Å². The van der Waals surface area contributed by atoms with Crippen molar-refractivity contribution in [1.29, 1.82) is 0 Å². The first-order valence-corrected chi connectivity index (χ1v) is 5.69. The van der Waals surface area contributed by atoms with E-state index in [1.807, 2.05) is 18.7 Å². The maximum absolute atomic E-state index is 11.3. The lowest BCUT2D eigenvalue weighted by Gasteiger charge is -2.20. The van der Waals surface area contributed by atoms with Gasteiger partial charge in [0.15, 0.2) is 0 Å². The fourth-order valence-corrected chi connectivity index (χ4v) is 1.79. The molecule has 1 unspecified atom stereocenters. The van der Waals surface area contributed by atoms with Crippen LogP contribution in [0.3, 0.4) is 0 Å². The summed E-state index contributed by atoms with van der Waals surface area (Å²) in [5.41, 5.74) is 0. The molecule has 15 heavy (non-hydrogen) atoms. The molecule has 4 heteroatoms. The van der Waals surface area contributed by atoms with Gasteiger partial charge in [-0.1, -0.05) is 20.8 Å². The van der Waals surface area contributed by atoms with Gasteiger partial charge in [-0.05, 0) is 13.0 Å². The molecule has 4 nitrogen and oxygen atoms in total. The Morgan fingerprint density at radius 3 is 2.60 bits per heavy atom. The van der Waals surface area contributed by atoms with E-state index in [9.17, 15) is 9.90 Å². The van der Waals surface area contributed by atoms with Gasteiger partial charge < -0.3 is 9.84 Å². The van der Waals surface area contributed by atoms with E-state index in [-0.39, 0.29) is 18.1 Å². The fourth-order valence-electron chi connectivity index (χ4n) is 1.79. The predicted octanol–water partition coefficient (Wildman–Crippen LogP) is 1.03. The van der Waals surface area contributed by atoms with Crippen LogP contribution in [0.15, 0.2) is 0 Å². The number of ether oxygens (including phenoxy) is 1. The first-order chi connectivity index (χ1) is 7.19. The molecule has 0 bridgehead atoms. The number of rotatable bonds is 3. The Morgan fingerprint density at radius 1 is 1.53 bits per heavy atom. The van der Waals surface area contributed by atoms with Crippen molar-refractivity contribution in [3.8, 4) is 0 Å². The van der Waals surface area contributed by atoms with E-state index in [2.05, 4.69) is 11.7 Å². The van der Waals surface area contributed by atoms with Gasteiger partial charge in [0.05, 0.1) is 13.2 Å². The summed E-state index contributed by atoms with van der Waals surface area (Å²) < 4.78 is 4.67. The number of hydrogen-bond acceptors (Lipinski definition) is 4. The summed E-state index contributed by atoms with van der Waals surface area (Å²) in [5.74, 6) is -0.231. The molecule has 1 N–H and O–H groups in total. The van der Waals surface area contributed by atoms with Gasteiger partial charge in [0.25, 0.3) is 0 Å². The number of methoxy groups -OCH3 is 1. The lowest BCUT2D eigenvalue weighted by molar-refractivity contribution is -0.145. The summed E-state index contributed by atoms with van der Waals surface area (Å²) in [6.07, 6.45) is 1.11. The molecular formula is C11H23NO3. The van der Waals surface area contributed by atoms with E-state index in [0.29, 0.717) is 13.0 Å². The lowest BCUT2D eigenvalue weighted by Crippen LogP contribution is -2.37. The van der Waals surface area contributed by atoms with Crippen LogP contribution >= 0.6 is 0 Å². The first kappa shape index (κ1) is 14.4.